The van der Waals surface area contributed by atoms with Gasteiger partial charge in [0.05, 0.1) is 24.6 Å². The summed E-state index contributed by atoms with van der Waals surface area (Å²) < 4.78 is 7.27. The summed E-state index contributed by atoms with van der Waals surface area (Å²) in [6.45, 7) is 3.30. The molecule has 1 aromatic heterocycles. The van der Waals surface area contributed by atoms with E-state index in [1.54, 1.807) is 43.5 Å². The highest BCUT2D eigenvalue weighted by Crippen LogP contribution is 2.34. The quantitative estimate of drug-likeness (QED) is 0.453. The van der Waals surface area contributed by atoms with Crippen molar-refractivity contribution in [1.82, 2.24) is 19.7 Å². The van der Waals surface area contributed by atoms with Gasteiger partial charge in [-0.2, -0.15) is 0 Å². The van der Waals surface area contributed by atoms with Gasteiger partial charge in [0.25, 0.3) is 5.91 Å². The molecule has 1 aliphatic rings. The van der Waals surface area contributed by atoms with Gasteiger partial charge < -0.3 is 19.5 Å². The van der Waals surface area contributed by atoms with Crippen LogP contribution >= 0.6 is 23.4 Å². The van der Waals surface area contributed by atoms with Crippen molar-refractivity contribution in [2.75, 3.05) is 24.7 Å². The van der Waals surface area contributed by atoms with Gasteiger partial charge in [0.2, 0.25) is 5.91 Å². The molecular weight excluding hydrogens is 474 g/mol. The van der Waals surface area contributed by atoms with Gasteiger partial charge in [0, 0.05) is 23.7 Å². The molecule has 1 aliphatic heterocycles. The van der Waals surface area contributed by atoms with Gasteiger partial charge in [-0.3, -0.25) is 9.59 Å². The van der Waals surface area contributed by atoms with Gasteiger partial charge in [-0.15, -0.1) is 10.2 Å². The highest BCUT2D eigenvalue weighted by molar-refractivity contribution is 7.99. The first kappa shape index (κ1) is 24.1. The molecule has 1 N–H and O–H groups in total. The van der Waals surface area contributed by atoms with Crippen molar-refractivity contribution in [1.29, 1.82) is 0 Å². The normalized spacial score (nSPS) is 15.4. The van der Waals surface area contributed by atoms with E-state index in [1.165, 1.54) is 11.8 Å². The highest BCUT2D eigenvalue weighted by atomic mass is 35.5. The summed E-state index contributed by atoms with van der Waals surface area (Å²) in [6.07, 6.45) is 1.71. The Morgan fingerprint density at radius 1 is 1.18 bits per heavy atom. The Hall–Kier alpha value is -3.04. The van der Waals surface area contributed by atoms with Crippen molar-refractivity contribution in [3.05, 3.63) is 64.9 Å². The molecule has 2 aromatic carbocycles. The van der Waals surface area contributed by atoms with Crippen molar-refractivity contribution in [2.45, 2.75) is 37.5 Å². The van der Waals surface area contributed by atoms with Gasteiger partial charge in [-0.05, 0) is 56.2 Å². The highest BCUT2D eigenvalue weighted by Gasteiger charge is 2.34. The summed E-state index contributed by atoms with van der Waals surface area (Å²) in [4.78, 5) is 27.5. The molecular formula is C24H26ClN5O3S. The smallest absolute Gasteiger partial charge is 0.254 e. The molecule has 1 fully saturated rings. The summed E-state index contributed by atoms with van der Waals surface area (Å²) in [5.41, 5.74) is 1.22. The average molecular weight is 500 g/mol. The van der Waals surface area contributed by atoms with Crippen LogP contribution in [-0.2, 0) is 11.3 Å². The lowest BCUT2D eigenvalue weighted by Crippen LogP contribution is -2.32. The van der Waals surface area contributed by atoms with E-state index in [4.69, 9.17) is 16.3 Å². The van der Waals surface area contributed by atoms with Crippen molar-refractivity contribution in [2.24, 2.45) is 0 Å². The van der Waals surface area contributed by atoms with Crippen molar-refractivity contribution >= 4 is 40.9 Å². The molecule has 2 heterocycles. The molecule has 1 atom stereocenters. The molecule has 0 aliphatic carbocycles. The summed E-state index contributed by atoms with van der Waals surface area (Å²) in [5.74, 6) is 1.31. The Morgan fingerprint density at radius 2 is 1.94 bits per heavy atom. The number of para-hydroxylation sites is 2. The number of hydrogen-bond donors (Lipinski definition) is 1. The first-order valence-corrected chi connectivity index (χ1v) is 12.4. The molecule has 2 amide bonds. The summed E-state index contributed by atoms with van der Waals surface area (Å²) in [6, 6.07) is 14.0. The predicted octanol–water partition coefficient (Wildman–Crippen LogP) is 4.67. The number of amides is 2. The zero-order valence-corrected chi connectivity index (χ0v) is 20.6. The maximum atomic E-state index is 13.1. The topological polar surface area (TPSA) is 89.3 Å². The number of benzene rings is 2. The molecule has 0 radical (unpaired) electrons. The van der Waals surface area contributed by atoms with Crippen LogP contribution in [-0.4, -0.2) is 50.9 Å². The second kappa shape index (κ2) is 10.9. The number of carbonyl (C=O) groups excluding carboxylic acids is 2. The molecule has 8 nitrogen and oxygen atoms in total. The lowest BCUT2D eigenvalue weighted by molar-refractivity contribution is -0.113. The average Bonchev–Trinajstić information content (AvgIpc) is 3.49. The number of rotatable bonds is 8. The zero-order chi connectivity index (χ0) is 24.1. The lowest BCUT2D eigenvalue weighted by Gasteiger charge is -2.24. The third-order valence-corrected chi connectivity index (χ3v) is 6.90. The van der Waals surface area contributed by atoms with Gasteiger partial charge in [0.15, 0.2) is 11.0 Å². The number of aromatic nitrogens is 3. The van der Waals surface area contributed by atoms with Crippen LogP contribution < -0.4 is 10.1 Å². The van der Waals surface area contributed by atoms with Crippen LogP contribution in [0.3, 0.4) is 0 Å². The molecule has 10 heteroatoms. The molecule has 34 heavy (non-hydrogen) atoms. The van der Waals surface area contributed by atoms with Crippen LogP contribution in [0, 0.1) is 0 Å². The Kier molecular flexibility index (Phi) is 7.74. The van der Waals surface area contributed by atoms with Crippen LogP contribution in [0.4, 0.5) is 5.69 Å². The molecule has 1 saturated heterocycles. The molecule has 0 bridgehead atoms. The fourth-order valence-corrected chi connectivity index (χ4v) is 4.99. The van der Waals surface area contributed by atoms with Crippen LogP contribution in [0.25, 0.3) is 0 Å². The summed E-state index contributed by atoms with van der Waals surface area (Å²) >= 11 is 7.29. The first-order chi connectivity index (χ1) is 16.5. The van der Waals surface area contributed by atoms with E-state index in [1.807, 2.05) is 28.5 Å². The standard InChI is InChI=1S/C24H26ClN5O3S/c1-3-29-22(19-8-6-14-30(19)23(32)16-10-12-17(25)13-11-16)27-28-24(29)34-15-21(31)26-18-7-4-5-9-20(18)33-2/h4-5,7,9-13,19H,3,6,8,14-15H2,1-2H3,(H,26,31). The first-order valence-electron chi connectivity index (χ1n) is 11.1. The SMILES string of the molecule is CCn1c(SCC(=O)Nc2ccccc2OC)nnc1C1CCCN1C(=O)c1ccc(Cl)cc1. The van der Waals surface area contributed by atoms with Crippen LogP contribution in [0.5, 0.6) is 5.75 Å². The van der Waals surface area contributed by atoms with Crippen molar-refractivity contribution in [3.63, 3.8) is 0 Å². The second-order valence-corrected chi connectivity index (χ2v) is 9.16. The summed E-state index contributed by atoms with van der Waals surface area (Å²) in [7, 11) is 1.56. The monoisotopic (exact) mass is 499 g/mol. The Labute approximate surface area is 207 Å². The van der Waals surface area contributed by atoms with E-state index in [0.29, 0.717) is 40.3 Å². The predicted molar refractivity (Wildman–Crippen MR) is 133 cm³/mol. The van der Waals surface area contributed by atoms with Crippen LogP contribution in [0.2, 0.25) is 5.02 Å². The number of nitrogens with one attached hydrogen (secondary N) is 1. The number of anilines is 1. The minimum absolute atomic E-state index is 0.0461. The van der Waals surface area contributed by atoms with Crippen LogP contribution in [0.1, 0.15) is 42.0 Å². The third-order valence-electron chi connectivity index (χ3n) is 5.68. The van der Waals surface area contributed by atoms with Gasteiger partial charge in [-0.1, -0.05) is 35.5 Å². The minimum atomic E-state index is -0.165. The Bertz CT molecular complexity index is 1170. The minimum Gasteiger partial charge on any atom is -0.495 e. The van der Waals surface area contributed by atoms with E-state index >= 15 is 0 Å². The summed E-state index contributed by atoms with van der Waals surface area (Å²) in [5, 5.41) is 12.9. The number of thioether (sulfide) groups is 1. The number of likely N-dealkylation sites (tertiary alicyclic amines) is 1. The fourth-order valence-electron chi connectivity index (χ4n) is 4.05. The number of hydrogen-bond acceptors (Lipinski definition) is 6. The number of methoxy groups -OCH3 is 1. The Balaban J connectivity index is 1.45. The Morgan fingerprint density at radius 3 is 2.68 bits per heavy atom. The van der Waals surface area contributed by atoms with Gasteiger partial charge in [-0.25, -0.2) is 0 Å². The van der Waals surface area contributed by atoms with Crippen molar-refractivity contribution < 1.29 is 14.3 Å². The van der Waals surface area contributed by atoms with E-state index in [0.717, 1.165) is 18.7 Å². The van der Waals surface area contributed by atoms with Crippen molar-refractivity contribution in [3.8, 4) is 5.75 Å². The maximum absolute atomic E-state index is 13.1. The number of halogens is 1. The third kappa shape index (κ3) is 5.20. The number of carbonyl (C=O) groups is 2. The van der Waals surface area contributed by atoms with E-state index in [2.05, 4.69) is 15.5 Å². The molecule has 0 saturated carbocycles. The van der Waals surface area contributed by atoms with Crippen LogP contribution in [0.15, 0.2) is 53.7 Å². The van der Waals surface area contributed by atoms with E-state index in [-0.39, 0.29) is 23.6 Å². The second-order valence-electron chi connectivity index (χ2n) is 7.79. The van der Waals surface area contributed by atoms with Gasteiger partial charge >= 0.3 is 0 Å². The number of ether oxygens (including phenoxy) is 1. The molecule has 0 spiro atoms. The fraction of sp³-hybridized carbons (Fsp3) is 0.333. The zero-order valence-electron chi connectivity index (χ0n) is 19.0. The molecule has 1 unspecified atom stereocenters. The van der Waals surface area contributed by atoms with Gasteiger partial charge in [0.1, 0.15) is 5.75 Å². The lowest BCUT2D eigenvalue weighted by atomic mass is 10.1. The molecule has 3 aromatic rings. The number of nitrogens with zero attached hydrogens (tertiary/aromatic N) is 4. The molecule has 4 rings (SSSR count). The largest absolute Gasteiger partial charge is 0.495 e. The maximum Gasteiger partial charge on any atom is 0.254 e. The van der Waals surface area contributed by atoms with E-state index in [9.17, 15) is 9.59 Å². The molecule has 178 valence electrons. The van der Waals surface area contributed by atoms with E-state index < -0.39 is 0 Å².